The summed E-state index contributed by atoms with van der Waals surface area (Å²) in [5.74, 6) is 4.68. The van der Waals surface area contributed by atoms with Crippen LogP contribution in [0.4, 0.5) is 0 Å². The third kappa shape index (κ3) is 3.64. The van der Waals surface area contributed by atoms with E-state index in [1.807, 2.05) is 12.1 Å². The van der Waals surface area contributed by atoms with Gasteiger partial charge in [0.05, 0.1) is 6.04 Å². The highest BCUT2D eigenvalue weighted by atomic mass is 16.2. The highest BCUT2D eigenvalue weighted by molar-refractivity contribution is 5.81. The predicted molar refractivity (Wildman–Crippen MR) is 64.4 cm³/mol. The van der Waals surface area contributed by atoms with Crippen LogP contribution in [0, 0.1) is 0 Å². The fraction of sp³-hybridized carbons (Fsp3) is 0.417. The van der Waals surface area contributed by atoms with Crippen molar-refractivity contribution in [2.24, 2.45) is 11.6 Å². The molecular weight excluding hydrogens is 202 g/mol. The molecule has 5 N–H and O–H groups in total. The van der Waals surface area contributed by atoms with Gasteiger partial charge in [-0.3, -0.25) is 10.2 Å². The van der Waals surface area contributed by atoms with Crippen LogP contribution >= 0.6 is 0 Å². The van der Waals surface area contributed by atoms with Crippen LogP contribution in [0.1, 0.15) is 24.5 Å². The Kier molecular flexibility index (Phi) is 4.95. The molecule has 4 nitrogen and oxygen atoms in total. The van der Waals surface area contributed by atoms with Crippen molar-refractivity contribution in [1.82, 2.24) is 5.43 Å². The zero-order valence-electron chi connectivity index (χ0n) is 9.57. The summed E-state index contributed by atoms with van der Waals surface area (Å²) in [6, 6.07) is 7.59. The van der Waals surface area contributed by atoms with Gasteiger partial charge in [0.1, 0.15) is 0 Å². The highest BCUT2D eigenvalue weighted by Gasteiger charge is 2.12. The van der Waals surface area contributed by atoms with Gasteiger partial charge in [0.25, 0.3) is 5.91 Å². The number of rotatable bonds is 5. The first-order valence-corrected chi connectivity index (χ1v) is 5.51. The van der Waals surface area contributed by atoms with E-state index in [9.17, 15) is 4.79 Å². The van der Waals surface area contributed by atoms with Crippen molar-refractivity contribution in [3.8, 4) is 0 Å². The van der Waals surface area contributed by atoms with Gasteiger partial charge in [0.2, 0.25) is 0 Å². The molecule has 0 aliphatic carbocycles. The summed E-state index contributed by atoms with van der Waals surface area (Å²) in [4.78, 5) is 11.1. The Morgan fingerprint density at radius 3 is 2.38 bits per heavy atom. The minimum Gasteiger partial charge on any atom is -0.320 e. The lowest BCUT2D eigenvalue weighted by Gasteiger charge is -2.10. The third-order valence-corrected chi connectivity index (χ3v) is 2.50. The Bertz CT molecular complexity index is 335. The monoisotopic (exact) mass is 221 g/mol. The molecule has 0 heterocycles. The lowest BCUT2D eigenvalue weighted by Crippen LogP contribution is -2.45. The van der Waals surface area contributed by atoms with E-state index in [1.54, 1.807) is 0 Å². The van der Waals surface area contributed by atoms with Crippen molar-refractivity contribution in [2.45, 2.75) is 32.2 Å². The fourth-order valence-corrected chi connectivity index (χ4v) is 1.58. The number of hydrogen-bond donors (Lipinski definition) is 3. The number of hydrazine groups is 1. The number of amides is 1. The zero-order valence-corrected chi connectivity index (χ0v) is 9.57. The van der Waals surface area contributed by atoms with Gasteiger partial charge >= 0.3 is 0 Å². The Morgan fingerprint density at radius 1 is 1.31 bits per heavy atom. The van der Waals surface area contributed by atoms with Crippen LogP contribution < -0.4 is 17.0 Å². The second kappa shape index (κ2) is 6.25. The van der Waals surface area contributed by atoms with Crippen LogP contribution in [0.5, 0.6) is 0 Å². The number of carbonyl (C=O) groups excluding carboxylic acids is 1. The van der Waals surface area contributed by atoms with Gasteiger partial charge in [0, 0.05) is 0 Å². The Morgan fingerprint density at radius 2 is 1.88 bits per heavy atom. The smallest absolute Gasteiger partial charge is 0.251 e. The molecule has 1 unspecified atom stereocenters. The van der Waals surface area contributed by atoms with Gasteiger partial charge in [-0.25, -0.2) is 5.84 Å². The lowest BCUT2D eigenvalue weighted by atomic mass is 10.0. The van der Waals surface area contributed by atoms with E-state index >= 15 is 0 Å². The van der Waals surface area contributed by atoms with E-state index in [1.165, 1.54) is 5.56 Å². The number of carbonyl (C=O) groups is 1. The van der Waals surface area contributed by atoms with E-state index in [2.05, 4.69) is 24.5 Å². The first-order valence-electron chi connectivity index (χ1n) is 5.51. The number of nitrogens with two attached hydrogens (primary N) is 2. The molecule has 0 radical (unpaired) electrons. The van der Waals surface area contributed by atoms with Crippen molar-refractivity contribution in [3.63, 3.8) is 0 Å². The van der Waals surface area contributed by atoms with Crippen molar-refractivity contribution in [3.05, 3.63) is 35.4 Å². The maximum absolute atomic E-state index is 11.1. The molecular formula is C12H19N3O. The topological polar surface area (TPSA) is 81.1 Å². The second-order valence-electron chi connectivity index (χ2n) is 3.89. The number of nitrogens with one attached hydrogen (secondary N) is 1. The molecule has 0 saturated carbocycles. The fourth-order valence-electron chi connectivity index (χ4n) is 1.58. The van der Waals surface area contributed by atoms with Crippen LogP contribution in [0.15, 0.2) is 24.3 Å². The molecule has 0 bridgehead atoms. The molecule has 1 atom stereocenters. The standard InChI is InChI=1S/C12H19N3O/c1-2-3-9-4-6-10(7-5-9)8-11(13)12(16)15-14/h4-7,11H,2-3,8,13-14H2,1H3,(H,15,16). The van der Waals surface area contributed by atoms with Gasteiger partial charge in [-0.15, -0.1) is 0 Å². The molecule has 0 spiro atoms. The normalized spacial score (nSPS) is 12.2. The van der Waals surface area contributed by atoms with Crippen molar-refractivity contribution in [1.29, 1.82) is 0 Å². The maximum atomic E-state index is 11.1. The molecule has 1 rings (SSSR count). The van der Waals surface area contributed by atoms with E-state index in [0.717, 1.165) is 18.4 Å². The van der Waals surface area contributed by atoms with Crippen molar-refractivity contribution in [2.75, 3.05) is 0 Å². The van der Waals surface area contributed by atoms with Crippen LogP contribution in [0.25, 0.3) is 0 Å². The van der Waals surface area contributed by atoms with Crippen LogP contribution in [0.3, 0.4) is 0 Å². The van der Waals surface area contributed by atoms with Crippen LogP contribution in [-0.4, -0.2) is 11.9 Å². The zero-order chi connectivity index (χ0) is 12.0. The van der Waals surface area contributed by atoms with Gasteiger partial charge < -0.3 is 5.73 Å². The summed E-state index contributed by atoms with van der Waals surface area (Å²) in [6.07, 6.45) is 2.72. The second-order valence-corrected chi connectivity index (χ2v) is 3.89. The minimum absolute atomic E-state index is 0.336. The Balaban J connectivity index is 2.58. The van der Waals surface area contributed by atoms with Gasteiger partial charge in [-0.1, -0.05) is 37.6 Å². The minimum atomic E-state index is -0.581. The summed E-state index contributed by atoms with van der Waals surface area (Å²) >= 11 is 0. The molecule has 1 amide bonds. The summed E-state index contributed by atoms with van der Waals surface area (Å²) in [5, 5.41) is 0. The predicted octanol–water partition coefficient (Wildman–Crippen LogP) is 0.499. The van der Waals surface area contributed by atoms with Gasteiger partial charge in [-0.2, -0.15) is 0 Å². The molecule has 0 aromatic heterocycles. The lowest BCUT2D eigenvalue weighted by molar-refractivity contribution is -0.122. The Hall–Kier alpha value is -1.39. The van der Waals surface area contributed by atoms with Gasteiger partial charge in [-0.05, 0) is 24.0 Å². The molecule has 0 fully saturated rings. The summed E-state index contributed by atoms with van der Waals surface area (Å²) < 4.78 is 0. The summed E-state index contributed by atoms with van der Waals surface area (Å²) in [7, 11) is 0. The molecule has 1 aromatic rings. The average molecular weight is 221 g/mol. The number of benzene rings is 1. The quantitative estimate of drug-likeness (QED) is 0.385. The largest absolute Gasteiger partial charge is 0.320 e. The third-order valence-electron chi connectivity index (χ3n) is 2.50. The summed E-state index contributed by atoms with van der Waals surface area (Å²) in [5.41, 5.74) is 10.1. The van der Waals surface area contributed by atoms with Crippen LogP contribution in [0.2, 0.25) is 0 Å². The summed E-state index contributed by atoms with van der Waals surface area (Å²) in [6.45, 7) is 2.15. The molecule has 88 valence electrons. The van der Waals surface area contributed by atoms with Crippen LogP contribution in [-0.2, 0) is 17.6 Å². The number of aryl methyl sites for hydroxylation is 1. The molecule has 16 heavy (non-hydrogen) atoms. The molecule has 0 aliphatic heterocycles. The van der Waals surface area contributed by atoms with E-state index < -0.39 is 6.04 Å². The number of hydrogen-bond acceptors (Lipinski definition) is 3. The molecule has 0 saturated heterocycles. The Labute approximate surface area is 96.0 Å². The van der Waals surface area contributed by atoms with E-state index in [4.69, 9.17) is 11.6 Å². The molecule has 0 aliphatic rings. The average Bonchev–Trinajstić information content (AvgIpc) is 2.31. The van der Waals surface area contributed by atoms with E-state index in [-0.39, 0.29) is 5.91 Å². The SMILES string of the molecule is CCCc1ccc(CC(N)C(=O)NN)cc1. The highest BCUT2D eigenvalue weighted by Crippen LogP contribution is 2.08. The first-order chi connectivity index (χ1) is 7.67. The van der Waals surface area contributed by atoms with Crippen molar-refractivity contribution >= 4 is 5.91 Å². The molecule has 4 heteroatoms. The van der Waals surface area contributed by atoms with Crippen molar-refractivity contribution < 1.29 is 4.79 Å². The van der Waals surface area contributed by atoms with Gasteiger partial charge in [0.15, 0.2) is 0 Å². The maximum Gasteiger partial charge on any atom is 0.251 e. The van der Waals surface area contributed by atoms with E-state index in [0.29, 0.717) is 6.42 Å². The molecule has 1 aromatic carbocycles. The first kappa shape index (κ1) is 12.7.